The van der Waals surface area contributed by atoms with Gasteiger partial charge in [0.15, 0.2) is 0 Å². The lowest BCUT2D eigenvalue weighted by atomic mass is 10.1. The molecule has 104 valence electrons. The minimum absolute atomic E-state index is 0.0503. The molecule has 21 heavy (non-hydrogen) atoms. The number of rotatable bonds is 3. The highest BCUT2D eigenvalue weighted by atomic mass is 19.1. The number of nitrogen functional groups attached to an aromatic ring is 1. The standard InChI is InChI=1S/C16H12FN3O/c17-12-5-3-7-14(15(12)16(18)19)21-11-8-10-4-1-2-6-13(10)20-9-11/h1-9H,(H3,18,19). The summed E-state index contributed by atoms with van der Waals surface area (Å²) in [5.41, 5.74) is 6.20. The molecule has 0 amide bonds. The first kappa shape index (κ1) is 13.1. The normalized spacial score (nSPS) is 10.5. The van der Waals surface area contributed by atoms with Gasteiger partial charge in [0.2, 0.25) is 0 Å². The zero-order valence-electron chi connectivity index (χ0n) is 11.0. The van der Waals surface area contributed by atoms with Gasteiger partial charge in [0, 0.05) is 5.39 Å². The molecule has 0 saturated heterocycles. The van der Waals surface area contributed by atoms with Crippen LogP contribution < -0.4 is 10.5 Å². The second-order valence-electron chi connectivity index (χ2n) is 4.49. The quantitative estimate of drug-likeness (QED) is 0.570. The van der Waals surface area contributed by atoms with Crippen molar-refractivity contribution in [3.8, 4) is 11.5 Å². The number of pyridine rings is 1. The van der Waals surface area contributed by atoms with Crippen molar-refractivity contribution in [2.24, 2.45) is 5.73 Å². The van der Waals surface area contributed by atoms with Crippen LogP contribution in [0.1, 0.15) is 5.56 Å². The largest absolute Gasteiger partial charge is 0.455 e. The van der Waals surface area contributed by atoms with E-state index in [1.165, 1.54) is 12.1 Å². The number of nitrogens with one attached hydrogen (secondary N) is 1. The van der Waals surface area contributed by atoms with E-state index in [1.54, 1.807) is 18.3 Å². The van der Waals surface area contributed by atoms with Crippen LogP contribution in [0.25, 0.3) is 10.9 Å². The second-order valence-corrected chi connectivity index (χ2v) is 4.49. The summed E-state index contributed by atoms with van der Waals surface area (Å²) in [4.78, 5) is 4.27. The van der Waals surface area contributed by atoms with Gasteiger partial charge in [-0.25, -0.2) is 4.39 Å². The van der Waals surface area contributed by atoms with Gasteiger partial charge in [0.05, 0.1) is 17.3 Å². The smallest absolute Gasteiger partial charge is 0.146 e. The minimum Gasteiger partial charge on any atom is -0.455 e. The van der Waals surface area contributed by atoms with Gasteiger partial charge in [-0.1, -0.05) is 24.3 Å². The number of hydrogen-bond acceptors (Lipinski definition) is 3. The average Bonchev–Trinajstić information content (AvgIpc) is 2.47. The lowest BCUT2D eigenvalue weighted by molar-refractivity contribution is 0.474. The summed E-state index contributed by atoms with van der Waals surface area (Å²) in [6.45, 7) is 0. The Kier molecular flexibility index (Phi) is 3.23. The van der Waals surface area contributed by atoms with Gasteiger partial charge in [-0.15, -0.1) is 0 Å². The molecule has 0 atom stereocenters. The van der Waals surface area contributed by atoms with Gasteiger partial charge < -0.3 is 10.5 Å². The van der Waals surface area contributed by atoms with E-state index in [0.29, 0.717) is 5.75 Å². The molecule has 0 aliphatic heterocycles. The number of amidine groups is 1. The molecule has 0 unspecified atom stereocenters. The van der Waals surface area contributed by atoms with E-state index in [4.69, 9.17) is 15.9 Å². The zero-order valence-corrected chi connectivity index (χ0v) is 11.0. The van der Waals surface area contributed by atoms with E-state index in [-0.39, 0.29) is 17.1 Å². The van der Waals surface area contributed by atoms with Gasteiger partial charge in [-0.3, -0.25) is 10.4 Å². The molecule has 1 aromatic heterocycles. The van der Waals surface area contributed by atoms with Gasteiger partial charge in [-0.05, 0) is 24.3 Å². The van der Waals surface area contributed by atoms with Gasteiger partial charge in [0.25, 0.3) is 0 Å². The van der Waals surface area contributed by atoms with E-state index < -0.39 is 5.82 Å². The van der Waals surface area contributed by atoms with Crippen LogP contribution in [0.2, 0.25) is 0 Å². The summed E-state index contributed by atoms with van der Waals surface area (Å²) in [6.07, 6.45) is 1.55. The minimum atomic E-state index is -0.589. The molecule has 0 aliphatic carbocycles. The van der Waals surface area contributed by atoms with Crippen molar-refractivity contribution in [3.05, 3.63) is 66.1 Å². The van der Waals surface area contributed by atoms with Crippen molar-refractivity contribution >= 4 is 16.7 Å². The Labute approximate surface area is 120 Å². The predicted octanol–water partition coefficient (Wildman–Crippen LogP) is 3.45. The van der Waals surface area contributed by atoms with Crippen molar-refractivity contribution in [1.82, 2.24) is 4.98 Å². The molecule has 0 spiro atoms. The summed E-state index contributed by atoms with van der Waals surface area (Å²) in [6, 6.07) is 13.7. The van der Waals surface area contributed by atoms with Crippen molar-refractivity contribution in [3.63, 3.8) is 0 Å². The zero-order chi connectivity index (χ0) is 14.8. The van der Waals surface area contributed by atoms with Crippen LogP contribution in [0.15, 0.2) is 54.7 Å². The lowest BCUT2D eigenvalue weighted by Gasteiger charge is -2.11. The molecule has 0 radical (unpaired) electrons. The van der Waals surface area contributed by atoms with E-state index in [0.717, 1.165) is 10.9 Å². The van der Waals surface area contributed by atoms with Crippen LogP contribution >= 0.6 is 0 Å². The summed E-state index contributed by atoms with van der Waals surface area (Å²) < 4.78 is 19.4. The van der Waals surface area contributed by atoms with Gasteiger partial charge in [-0.2, -0.15) is 0 Å². The maximum absolute atomic E-state index is 13.7. The molecule has 4 nitrogen and oxygen atoms in total. The highest BCUT2D eigenvalue weighted by Gasteiger charge is 2.13. The first-order valence-corrected chi connectivity index (χ1v) is 6.31. The summed E-state index contributed by atoms with van der Waals surface area (Å²) in [5, 5.41) is 8.37. The molecule has 3 aromatic rings. The Morgan fingerprint density at radius 3 is 2.76 bits per heavy atom. The molecular formula is C16H12FN3O. The fourth-order valence-electron chi connectivity index (χ4n) is 2.08. The van der Waals surface area contributed by atoms with Gasteiger partial charge in [0.1, 0.15) is 23.2 Å². The van der Waals surface area contributed by atoms with Crippen LogP contribution in [0, 0.1) is 11.2 Å². The molecule has 5 heteroatoms. The molecular weight excluding hydrogens is 269 g/mol. The van der Waals surface area contributed by atoms with Crippen molar-refractivity contribution in [2.75, 3.05) is 0 Å². The number of halogens is 1. The first-order valence-electron chi connectivity index (χ1n) is 6.31. The van der Waals surface area contributed by atoms with Crippen LogP contribution in [-0.2, 0) is 0 Å². The topological polar surface area (TPSA) is 72.0 Å². The highest BCUT2D eigenvalue weighted by molar-refractivity contribution is 5.98. The molecule has 2 aromatic carbocycles. The molecule has 3 rings (SSSR count). The van der Waals surface area contributed by atoms with E-state index in [9.17, 15) is 4.39 Å². The Morgan fingerprint density at radius 1 is 1.14 bits per heavy atom. The Hall–Kier alpha value is -2.95. The number of hydrogen-bond donors (Lipinski definition) is 2. The number of benzene rings is 2. The number of nitrogens with two attached hydrogens (primary N) is 1. The molecule has 0 bridgehead atoms. The number of nitrogens with zero attached hydrogens (tertiary/aromatic N) is 1. The number of ether oxygens (including phenoxy) is 1. The molecule has 0 fully saturated rings. The summed E-state index contributed by atoms with van der Waals surface area (Å²) in [7, 11) is 0. The number of fused-ring (bicyclic) bond motifs is 1. The van der Waals surface area contributed by atoms with Gasteiger partial charge >= 0.3 is 0 Å². The first-order chi connectivity index (χ1) is 10.1. The Morgan fingerprint density at radius 2 is 1.95 bits per heavy atom. The average molecular weight is 281 g/mol. The SMILES string of the molecule is N=C(N)c1c(F)cccc1Oc1cnc2ccccc2c1. The molecule has 1 heterocycles. The van der Waals surface area contributed by atoms with E-state index >= 15 is 0 Å². The molecule has 0 aliphatic rings. The highest BCUT2D eigenvalue weighted by Crippen LogP contribution is 2.28. The van der Waals surface area contributed by atoms with Crippen molar-refractivity contribution < 1.29 is 9.13 Å². The van der Waals surface area contributed by atoms with Crippen LogP contribution in [0.5, 0.6) is 11.5 Å². The van der Waals surface area contributed by atoms with E-state index in [2.05, 4.69) is 4.98 Å². The monoisotopic (exact) mass is 281 g/mol. The van der Waals surface area contributed by atoms with Crippen molar-refractivity contribution in [1.29, 1.82) is 5.41 Å². The molecule has 0 saturated carbocycles. The van der Waals surface area contributed by atoms with E-state index in [1.807, 2.05) is 24.3 Å². The third-order valence-electron chi connectivity index (χ3n) is 3.04. The maximum atomic E-state index is 13.7. The third kappa shape index (κ3) is 2.53. The lowest BCUT2D eigenvalue weighted by Crippen LogP contribution is -2.14. The number of para-hydroxylation sites is 1. The van der Waals surface area contributed by atoms with Crippen LogP contribution in [-0.4, -0.2) is 10.8 Å². The molecule has 3 N–H and O–H groups in total. The fraction of sp³-hybridized carbons (Fsp3) is 0. The second kappa shape index (κ2) is 5.20. The third-order valence-corrected chi connectivity index (χ3v) is 3.04. The van der Waals surface area contributed by atoms with Crippen LogP contribution in [0.3, 0.4) is 0 Å². The fourth-order valence-corrected chi connectivity index (χ4v) is 2.08. The Balaban J connectivity index is 2.02. The maximum Gasteiger partial charge on any atom is 0.146 e. The number of aromatic nitrogens is 1. The van der Waals surface area contributed by atoms with Crippen LogP contribution in [0.4, 0.5) is 4.39 Å². The van der Waals surface area contributed by atoms with Crippen molar-refractivity contribution in [2.45, 2.75) is 0 Å². The summed E-state index contributed by atoms with van der Waals surface area (Å²) in [5.74, 6) is -0.313. The Bertz CT molecular complexity index is 833. The summed E-state index contributed by atoms with van der Waals surface area (Å²) >= 11 is 0. The predicted molar refractivity (Wildman–Crippen MR) is 79.2 cm³/mol.